The number of para-hydroxylation sites is 1. The Labute approximate surface area is 151 Å². The number of nitrogens with zero attached hydrogens (tertiary/aromatic N) is 1. The van der Waals surface area contributed by atoms with Crippen LogP contribution in [0.3, 0.4) is 0 Å². The van der Waals surface area contributed by atoms with Crippen molar-refractivity contribution in [1.29, 1.82) is 0 Å². The van der Waals surface area contributed by atoms with Crippen molar-refractivity contribution in [2.75, 3.05) is 6.54 Å². The summed E-state index contributed by atoms with van der Waals surface area (Å²) in [6.45, 7) is 1.35. The molecule has 0 unspecified atom stereocenters. The molecule has 3 rings (SSSR count). The monoisotopic (exact) mass is 375 g/mol. The van der Waals surface area contributed by atoms with Crippen molar-refractivity contribution in [2.24, 2.45) is 5.14 Å². The van der Waals surface area contributed by atoms with Gasteiger partial charge >= 0.3 is 0 Å². The van der Waals surface area contributed by atoms with Crippen molar-refractivity contribution in [3.63, 3.8) is 0 Å². The molecule has 0 bridgehead atoms. The highest BCUT2D eigenvalue weighted by molar-refractivity contribution is 7.89. The fourth-order valence-electron chi connectivity index (χ4n) is 2.56. The maximum Gasteiger partial charge on any atom is 0.238 e. The number of rotatable bonds is 6. The van der Waals surface area contributed by atoms with Gasteiger partial charge in [-0.3, -0.25) is 0 Å². The maximum atomic E-state index is 11.2. The number of pyridine rings is 1. The van der Waals surface area contributed by atoms with Gasteiger partial charge in [0.2, 0.25) is 10.0 Å². The molecular formula is C18H18ClN3O2S. The van der Waals surface area contributed by atoms with Gasteiger partial charge in [0, 0.05) is 17.5 Å². The van der Waals surface area contributed by atoms with Gasteiger partial charge in [0.05, 0.1) is 10.4 Å². The summed E-state index contributed by atoms with van der Waals surface area (Å²) in [7, 11) is -3.64. The van der Waals surface area contributed by atoms with E-state index in [1.54, 1.807) is 12.1 Å². The predicted molar refractivity (Wildman–Crippen MR) is 100.0 cm³/mol. The predicted octanol–water partition coefficient (Wildman–Crippen LogP) is 2.87. The average molecular weight is 376 g/mol. The van der Waals surface area contributed by atoms with Gasteiger partial charge in [0.1, 0.15) is 5.15 Å². The number of benzene rings is 2. The van der Waals surface area contributed by atoms with Gasteiger partial charge in [-0.2, -0.15) is 0 Å². The van der Waals surface area contributed by atoms with E-state index in [1.165, 1.54) is 12.1 Å². The van der Waals surface area contributed by atoms with Crippen LogP contribution in [0.2, 0.25) is 5.15 Å². The lowest BCUT2D eigenvalue weighted by Gasteiger charge is -2.08. The van der Waals surface area contributed by atoms with E-state index < -0.39 is 10.0 Å². The largest absolute Gasteiger partial charge is 0.312 e. The van der Waals surface area contributed by atoms with Crippen molar-refractivity contribution in [3.05, 3.63) is 70.9 Å². The fraction of sp³-hybridized carbons (Fsp3) is 0.167. The molecule has 3 N–H and O–H groups in total. The van der Waals surface area contributed by atoms with Gasteiger partial charge in [-0.1, -0.05) is 41.9 Å². The molecule has 0 aliphatic carbocycles. The number of aromatic nitrogens is 1. The molecule has 1 aromatic heterocycles. The first-order chi connectivity index (χ1) is 11.9. The Morgan fingerprint density at radius 1 is 1.08 bits per heavy atom. The number of fused-ring (bicyclic) bond motifs is 1. The van der Waals surface area contributed by atoms with Gasteiger partial charge in [-0.05, 0) is 42.8 Å². The number of hydrogen-bond acceptors (Lipinski definition) is 4. The summed E-state index contributed by atoms with van der Waals surface area (Å²) in [6, 6.07) is 16.5. The second-order valence-corrected chi connectivity index (χ2v) is 7.67. The highest BCUT2D eigenvalue weighted by atomic mass is 35.5. The molecule has 0 aliphatic rings. The third-order valence-electron chi connectivity index (χ3n) is 3.91. The molecule has 3 aromatic rings. The lowest BCUT2D eigenvalue weighted by atomic mass is 10.1. The Morgan fingerprint density at radius 3 is 2.52 bits per heavy atom. The average Bonchev–Trinajstić information content (AvgIpc) is 2.58. The number of hydrogen-bond donors (Lipinski definition) is 2. The molecule has 0 radical (unpaired) electrons. The van der Waals surface area contributed by atoms with Crippen molar-refractivity contribution in [3.8, 4) is 0 Å². The molecule has 0 spiro atoms. The third kappa shape index (κ3) is 4.55. The van der Waals surface area contributed by atoms with Crippen LogP contribution in [0.1, 0.15) is 11.1 Å². The third-order valence-corrected chi connectivity index (χ3v) is 5.16. The molecule has 0 saturated carbocycles. The van der Waals surface area contributed by atoms with Crippen LogP contribution in [-0.4, -0.2) is 19.9 Å². The zero-order chi connectivity index (χ0) is 17.9. The summed E-state index contributed by atoms with van der Waals surface area (Å²) in [5.74, 6) is 0. The maximum absolute atomic E-state index is 11.2. The molecule has 25 heavy (non-hydrogen) atoms. The topological polar surface area (TPSA) is 85.1 Å². The zero-order valence-corrected chi connectivity index (χ0v) is 15.0. The van der Waals surface area contributed by atoms with Gasteiger partial charge in [0.15, 0.2) is 0 Å². The Hall–Kier alpha value is -1.99. The molecule has 0 fully saturated rings. The second-order valence-electron chi connectivity index (χ2n) is 5.75. The first-order valence-corrected chi connectivity index (χ1v) is 9.72. The van der Waals surface area contributed by atoms with E-state index >= 15 is 0 Å². The number of sulfonamides is 1. The smallest absolute Gasteiger partial charge is 0.238 e. The van der Waals surface area contributed by atoms with Crippen molar-refractivity contribution in [1.82, 2.24) is 10.3 Å². The molecule has 0 saturated heterocycles. The molecule has 0 amide bonds. The SMILES string of the molecule is NS(=O)(=O)c1ccc(CCNCc2cc3ccccc3nc2Cl)cc1. The standard InChI is InChI=1S/C18H18ClN3O2S/c19-18-15(11-14-3-1-2-4-17(14)22-18)12-21-10-9-13-5-7-16(8-6-13)25(20,23)24/h1-8,11,21H,9-10,12H2,(H2,20,23,24). The summed E-state index contributed by atoms with van der Waals surface area (Å²) >= 11 is 6.24. The van der Waals surface area contributed by atoms with E-state index in [0.29, 0.717) is 11.7 Å². The molecular weight excluding hydrogens is 358 g/mol. The lowest BCUT2D eigenvalue weighted by molar-refractivity contribution is 0.597. The van der Waals surface area contributed by atoms with Crippen LogP contribution >= 0.6 is 11.6 Å². The molecule has 0 aliphatic heterocycles. The highest BCUT2D eigenvalue weighted by Gasteiger charge is 2.07. The highest BCUT2D eigenvalue weighted by Crippen LogP contribution is 2.20. The minimum absolute atomic E-state index is 0.123. The summed E-state index contributed by atoms with van der Waals surface area (Å²) in [4.78, 5) is 4.53. The number of nitrogens with one attached hydrogen (secondary N) is 1. The van der Waals surface area contributed by atoms with E-state index in [4.69, 9.17) is 16.7 Å². The van der Waals surface area contributed by atoms with E-state index in [2.05, 4.69) is 10.3 Å². The van der Waals surface area contributed by atoms with Crippen LogP contribution in [0.15, 0.2) is 59.5 Å². The van der Waals surface area contributed by atoms with E-state index in [0.717, 1.165) is 35.0 Å². The quantitative estimate of drug-likeness (QED) is 0.512. The molecule has 5 nitrogen and oxygen atoms in total. The Balaban J connectivity index is 1.57. The van der Waals surface area contributed by atoms with Crippen LogP contribution in [0.25, 0.3) is 10.9 Å². The summed E-state index contributed by atoms with van der Waals surface area (Å²) < 4.78 is 22.5. The summed E-state index contributed by atoms with van der Waals surface area (Å²) in [5, 5.41) is 9.98. The van der Waals surface area contributed by atoms with Crippen LogP contribution in [0.5, 0.6) is 0 Å². The van der Waals surface area contributed by atoms with Gasteiger partial charge in [-0.15, -0.1) is 0 Å². The first-order valence-electron chi connectivity index (χ1n) is 7.80. The zero-order valence-electron chi connectivity index (χ0n) is 13.4. The van der Waals surface area contributed by atoms with E-state index in [-0.39, 0.29) is 4.90 Å². The number of nitrogens with two attached hydrogens (primary N) is 1. The summed E-state index contributed by atoms with van der Waals surface area (Å²) in [5.41, 5.74) is 2.86. The first kappa shape index (κ1) is 17.8. The Bertz CT molecular complexity index is 989. The number of halogens is 1. The normalized spacial score (nSPS) is 11.8. The van der Waals surface area contributed by atoms with Gasteiger partial charge < -0.3 is 5.32 Å². The van der Waals surface area contributed by atoms with Gasteiger partial charge in [0.25, 0.3) is 0 Å². The van der Waals surface area contributed by atoms with E-state index in [1.807, 2.05) is 30.3 Å². The summed E-state index contributed by atoms with van der Waals surface area (Å²) in [6.07, 6.45) is 0.767. The van der Waals surface area contributed by atoms with Gasteiger partial charge in [-0.25, -0.2) is 18.5 Å². The van der Waals surface area contributed by atoms with E-state index in [9.17, 15) is 8.42 Å². The molecule has 130 valence electrons. The minimum atomic E-state index is -3.64. The Morgan fingerprint density at radius 2 is 1.80 bits per heavy atom. The fourth-order valence-corrected chi connectivity index (χ4v) is 3.29. The lowest BCUT2D eigenvalue weighted by Crippen LogP contribution is -2.17. The van der Waals surface area contributed by atoms with Crippen LogP contribution in [0.4, 0.5) is 0 Å². The second kappa shape index (κ2) is 7.49. The van der Waals surface area contributed by atoms with Crippen molar-refractivity contribution >= 4 is 32.5 Å². The van der Waals surface area contributed by atoms with Crippen LogP contribution < -0.4 is 10.5 Å². The molecule has 2 aromatic carbocycles. The minimum Gasteiger partial charge on any atom is -0.312 e. The number of primary sulfonamides is 1. The van der Waals surface area contributed by atoms with Crippen LogP contribution in [-0.2, 0) is 23.0 Å². The van der Waals surface area contributed by atoms with Crippen molar-refractivity contribution < 1.29 is 8.42 Å². The molecule has 7 heteroatoms. The van der Waals surface area contributed by atoms with Crippen LogP contribution in [0, 0.1) is 0 Å². The van der Waals surface area contributed by atoms with Crippen molar-refractivity contribution in [2.45, 2.75) is 17.9 Å². The Kier molecular flexibility index (Phi) is 5.34. The molecule has 1 heterocycles. The molecule has 0 atom stereocenters.